The zero-order valence-corrected chi connectivity index (χ0v) is 18.2. The Balaban J connectivity index is 1.30. The van der Waals surface area contributed by atoms with E-state index in [1.807, 2.05) is 0 Å². The Labute approximate surface area is 189 Å². The number of hydrogen-bond donors (Lipinski definition) is 0. The molecule has 164 valence electrons. The molecule has 1 aliphatic carbocycles. The lowest BCUT2D eigenvalue weighted by atomic mass is 9.64. The van der Waals surface area contributed by atoms with E-state index in [2.05, 4.69) is 72.8 Å². The van der Waals surface area contributed by atoms with Crippen molar-refractivity contribution in [3.05, 3.63) is 95.1 Å². The molecule has 0 N–H and O–H groups in total. The van der Waals surface area contributed by atoms with Gasteiger partial charge >= 0.3 is 0 Å². The van der Waals surface area contributed by atoms with E-state index in [9.17, 15) is 0 Å². The molecule has 0 aromatic heterocycles. The third-order valence-electron chi connectivity index (χ3n) is 6.92. The monoisotopic (exact) mass is 428 g/mol. The van der Waals surface area contributed by atoms with E-state index in [0.29, 0.717) is 13.2 Å². The first-order chi connectivity index (χ1) is 15.8. The molecule has 0 spiro atoms. The smallest absolute Gasteiger partial charge is 0.119 e. The first-order valence-corrected chi connectivity index (χ1v) is 11.6. The van der Waals surface area contributed by atoms with Gasteiger partial charge < -0.3 is 18.9 Å². The molecule has 2 unspecified atom stereocenters. The topological polar surface area (TPSA) is 43.5 Å². The van der Waals surface area contributed by atoms with Crippen molar-refractivity contribution in [3.8, 4) is 11.5 Å². The van der Waals surface area contributed by atoms with Crippen molar-refractivity contribution >= 4 is 0 Å². The van der Waals surface area contributed by atoms with Crippen LogP contribution in [0.4, 0.5) is 0 Å². The molecule has 3 aromatic rings. The molecule has 0 radical (unpaired) electrons. The summed E-state index contributed by atoms with van der Waals surface area (Å²) in [5.74, 6) is 1.81. The highest BCUT2D eigenvalue weighted by Crippen LogP contribution is 2.44. The highest BCUT2D eigenvalue weighted by Gasteiger charge is 2.38. The molecule has 2 atom stereocenters. The highest BCUT2D eigenvalue weighted by molar-refractivity contribution is 5.48. The van der Waals surface area contributed by atoms with Gasteiger partial charge in [0.1, 0.15) is 36.9 Å². The Hall–Kier alpha value is -2.82. The third-order valence-corrected chi connectivity index (χ3v) is 6.92. The highest BCUT2D eigenvalue weighted by atomic mass is 16.6. The molecular weight excluding hydrogens is 400 g/mol. The number of ether oxygens (including phenoxy) is 4. The second kappa shape index (κ2) is 8.27. The molecule has 0 bridgehead atoms. The summed E-state index contributed by atoms with van der Waals surface area (Å²) in [6.45, 7) is 2.89. The van der Waals surface area contributed by atoms with Crippen molar-refractivity contribution in [2.24, 2.45) is 0 Å². The van der Waals surface area contributed by atoms with Gasteiger partial charge in [-0.05, 0) is 65.8 Å². The number of aryl methyl sites for hydroxylation is 1. The van der Waals surface area contributed by atoms with Crippen LogP contribution < -0.4 is 9.47 Å². The van der Waals surface area contributed by atoms with E-state index >= 15 is 0 Å². The molecule has 0 saturated carbocycles. The van der Waals surface area contributed by atoms with Crippen molar-refractivity contribution < 1.29 is 18.9 Å². The third kappa shape index (κ3) is 4.13. The van der Waals surface area contributed by atoms with Crippen LogP contribution in [-0.4, -0.2) is 38.6 Å². The molecular formula is C28H28O4. The van der Waals surface area contributed by atoms with Crippen LogP contribution in [0.1, 0.15) is 28.7 Å². The lowest BCUT2D eigenvalue weighted by Gasteiger charge is -2.39. The predicted octanol–water partition coefficient (Wildman–Crippen LogP) is 4.72. The lowest BCUT2D eigenvalue weighted by molar-refractivity contribution is 0.262. The summed E-state index contributed by atoms with van der Waals surface area (Å²) in [5.41, 5.74) is 5.52. The molecule has 0 amide bonds. The van der Waals surface area contributed by atoms with E-state index in [0.717, 1.165) is 44.0 Å². The molecule has 2 aliphatic heterocycles. The fraction of sp³-hybridized carbons (Fsp3) is 0.357. The van der Waals surface area contributed by atoms with Gasteiger partial charge in [-0.3, -0.25) is 0 Å². The number of rotatable bonds is 8. The van der Waals surface area contributed by atoms with Crippen molar-refractivity contribution in [1.29, 1.82) is 0 Å². The van der Waals surface area contributed by atoms with Crippen molar-refractivity contribution in [3.63, 3.8) is 0 Å². The summed E-state index contributed by atoms with van der Waals surface area (Å²) < 4.78 is 22.3. The van der Waals surface area contributed by atoms with Gasteiger partial charge in [0.05, 0.1) is 13.2 Å². The van der Waals surface area contributed by atoms with Gasteiger partial charge in [0, 0.05) is 5.41 Å². The zero-order chi connectivity index (χ0) is 21.4. The Morgan fingerprint density at radius 3 is 1.69 bits per heavy atom. The normalized spacial score (nSPS) is 25.6. The molecule has 6 rings (SSSR count). The summed E-state index contributed by atoms with van der Waals surface area (Å²) in [6.07, 6.45) is 3.68. The maximum absolute atomic E-state index is 5.88. The Morgan fingerprint density at radius 1 is 0.688 bits per heavy atom. The van der Waals surface area contributed by atoms with Gasteiger partial charge in [-0.1, -0.05) is 48.5 Å². The second-order valence-corrected chi connectivity index (χ2v) is 9.11. The number of hydrogen-bond acceptors (Lipinski definition) is 4. The molecule has 2 heterocycles. The van der Waals surface area contributed by atoms with E-state index < -0.39 is 0 Å². The SMILES string of the molecule is c1ccc2c(c1)CCC(c1ccc(OCC3CO3)cc1)(c1ccc(OCC3CO3)cc1)C2. The molecule has 3 aromatic carbocycles. The van der Waals surface area contributed by atoms with Crippen molar-refractivity contribution in [2.45, 2.75) is 36.9 Å². The minimum absolute atomic E-state index is 0.0649. The first-order valence-electron chi connectivity index (χ1n) is 11.6. The van der Waals surface area contributed by atoms with Crippen LogP contribution in [0.3, 0.4) is 0 Å². The van der Waals surface area contributed by atoms with Gasteiger partial charge in [0.2, 0.25) is 0 Å². The Bertz CT molecular complexity index is 1010. The van der Waals surface area contributed by atoms with Crippen molar-refractivity contribution in [1.82, 2.24) is 0 Å². The molecule has 4 nitrogen and oxygen atoms in total. The Kier molecular flexibility index (Phi) is 5.12. The van der Waals surface area contributed by atoms with Crippen LogP contribution >= 0.6 is 0 Å². The van der Waals surface area contributed by atoms with E-state index in [1.54, 1.807) is 0 Å². The van der Waals surface area contributed by atoms with Gasteiger partial charge in [-0.25, -0.2) is 0 Å². The van der Waals surface area contributed by atoms with Crippen LogP contribution in [0.15, 0.2) is 72.8 Å². The minimum atomic E-state index is -0.0649. The zero-order valence-electron chi connectivity index (χ0n) is 18.2. The average molecular weight is 429 g/mol. The molecule has 2 fully saturated rings. The average Bonchev–Trinajstić information content (AvgIpc) is 3.77. The van der Waals surface area contributed by atoms with Crippen LogP contribution in [0, 0.1) is 0 Å². The van der Waals surface area contributed by atoms with Crippen LogP contribution in [-0.2, 0) is 27.7 Å². The maximum atomic E-state index is 5.88. The van der Waals surface area contributed by atoms with E-state index in [-0.39, 0.29) is 17.6 Å². The fourth-order valence-electron chi connectivity index (χ4n) is 4.84. The number of benzene rings is 3. The Morgan fingerprint density at radius 2 is 1.19 bits per heavy atom. The fourth-order valence-corrected chi connectivity index (χ4v) is 4.84. The molecule has 2 saturated heterocycles. The quantitative estimate of drug-likeness (QED) is 0.487. The number of fused-ring (bicyclic) bond motifs is 1. The summed E-state index contributed by atoms with van der Waals surface area (Å²) in [4.78, 5) is 0. The van der Waals surface area contributed by atoms with Crippen LogP contribution in [0.25, 0.3) is 0 Å². The van der Waals surface area contributed by atoms with E-state index in [1.165, 1.54) is 22.3 Å². The van der Waals surface area contributed by atoms with Gasteiger partial charge in [-0.15, -0.1) is 0 Å². The largest absolute Gasteiger partial charge is 0.491 e. The van der Waals surface area contributed by atoms with Gasteiger partial charge in [-0.2, -0.15) is 0 Å². The molecule has 32 heavy (non-hydrogen) atoms. The van der Waals surface area contributed by atoms with Crippen molar-refractivity contribution in [2.75, 3.05) is 26.4 Å². The second-order valence-electron chi connectivity index (χ2n) is 9.11. The standard InChI is InChI=1S/C28H28O4/c1-2-4-21-15-28(14-13-20(21)3-1,22-5-9-24(10-6-22)29-16-26-18-31-26)23-7-11-25(12-8-23)30-17-27-19-32-27/h1-12,26-27H,13-19H2. The summed E-state index contributed by atoms with van der Waals surface area (Å²) in [6, 6.07) is 26.2. The van der Waals surface area contributed by atoms with Crippen LogP contribution in [0.5, 0.6) is 11.5 Å². The first kappa shape index (κ1) is 19.8. The van der Waals surface area contributed by atoms with Crippen LogP contribution in [0.2, 0.25) is 0 Å². The molecule has 4 heteroatoms. The van der Waals surface area contributed by atoms with E-state index in [4.69, 9.17) is 18.9 Å². The minimum Gasteiger partial charge on any atom is -0.491 e. The number of epoxide rings is 2. The molecule has 3 aliphatic rings. The summed E-state index contributed by atoms with van der Waals surface area (Å²) in [5, 5.41) is 0. The maximum Gasteiger partial charge on any atom is 0.119 e. The van der Waals surface area contributed by atoms with Gasteiger partial charge in [0.25, 0.3) is 0 Å². The lowest BCUT2D eigenvalue weighted by Crippen LogP contribution is -2.34. The van der Waals surface area contributed by atoms with Gasteiger partial charge in [0.15, 0.2) is 0 Å². The predicted molar refractivity (Wildman–Crippen MR) is 123 cm³/mol. The summed E-state index contributed by atoms with van der Waals surface area (Å²) >= 11 is 0. The summed E-state index contributed by atoms with van der Waals surface area (Å²) in [7, 11) is 0.